The Morgan fingerprint density at radius 1 is 1.20 bits per heavy atom. The number of hydrogen-bond donors (Lipinski definition) is 2. The van der Waals surface area contributed by atoms with Crippen LogP contribution in [0.5, 0.6) is 0 Å². The van der Waals surface area contributed by atoms with Gasteiger partial charge in [0, 0.05) is 0 Å². The van der Waals surface area contributed by atoms with Crippen LogP contribution in [0.25, 0.3) is 0 Å². The minimum absolute atomic E-state index is 0.121. The van der Waals surface area contributed by atoms with E-state index in [9.17, 15) is 9.59 Å². The lowest BCUT2D eigenvalue weighted by Crippen LogP contribution is -2.12. The molecule has 15 heavy (non-hydrogen) atoms. The summed E-state index contributed by atoms with van der Waals surface area (Å²) < 4.78 is 0. The fourth-order valence-corrected chi connectivity index (χ4v) is 1.12. The second-order valence-corrected chi connectivity index (χ2v) is 3.30. The van der Waals surface area contributed by atoms with E-state index in [0.29, 0.717) is 5.56 Å². The number of aromatic nitrogens is 2. The van der Waals surface area contributed by atoms with Gasteiger partial charge in [0.05, 0.1) is 0 Å². The molecule has 0 fully saturated rings. The molecule has 0 spiro atoms. The number of carboxylic acid groups (broad SMARTS) is 2. The standard InChI is InChI=1S/C9H10N2O4/c1-4(2)5-3-6(8(12)13)10-11-7(5)9(14)15/h3-4H,1-2H3,(H,12,13)(H,14,15). The third-order valence-electron chi connectivity index (χ3n) is 1.87. The topological polar surface area (TPSA) is 100 Å². The smallest absolute Gasteiger partial charge is 0.356 e. The largest absolute Gasteiger partial charge is 0.476 e. The van der Waals surface area contributed by atoms with E-state index in [4.69, 9.17) is 10.2 Å². The maximum Gasteiger partial charge on any atom is 0.356 e. The molecule has 6 nitrogen and oxygen atoms in total. The first-order valence-electron chi connectivity index (χ1n) is 4.27. The predicted molar refractivity (Wildman–Crippen MR) is 50.0 cm³/mol. The Labute approximate surface area is 85.6 Å². The molecule has 1 rings (SSSR count). The summed E-state index contributed by atoms with van der Waals surface area (Å²) in [5.74, 6) is -2.55. The lowest BCUT2D eigenvalue weighted by atomic mass is 10.0. The van der Waals surface area contributed by atoms with Crippen molar-refractivity contribution >= 4 is 11.9 Å². The van der Waals surface area contributed by atoms with E-state index in [1.165, 1.54) is 6.07 Å². The Balaban J connectivity index is 3.33. The maximum atomic E-state index is 10.8. The lowest BCUT2D eigenvalue weighted by Gasteiger charge is -2.08. The fraction of sp³-hybridized carbons (Fsp3) is 0.333. The molecule has 0 aromatic carbocycles. The van der Waals surface area contributed by atoms with Crippen LogP contribution in [0.4, 0.5) is 0 Å². The van der Waals surface area contributed by atoms with Crippen molar-refractivity contribution in [3.05, 3.63) is 23.0 Å². The highest BCUT2D eigenvalue weighted by atomic mass is 16.4. The number of rotatable bonds is 3. The quantitative estimate of drug-likeness (QED) is 0.771. The van der Waals surface area contributed by atoms with Gasteiger partial charge in [-0.15, -0.1) is 10.2 Å². The van der Waals surface area contributed by atoms with E-state index in [1.807, 2.05) is 0 Å². The molecule has 0 unspecified atom stereocenters. The van der Waals surface area contributed by atoms with Crippen molar-refractivity contribution in [3.63, 3.8) is 0 Å². The van der Waals surface area contributed by atoms with E-state index in [1.54, 1.807) is 13.8 Å². The molecule has 0 atom stereocenters. The molecule has 0 radical (unpaired) electrons. The second kappa shape index (κ2) is 4.04. The molecule has 0 aliphatic carbocycles. The Bertz CT molecular complexity index is 415. The van der Waals surface area contributed by atoms with Crippen molar-refractivity contribution in [1.29, 1.82) is 0 Å². The highest BCUT2D eigenvalue weighted by molar-refractivity contribution is 5.89. The van der Waals surface area contributed by atoms with E-state index in [2.05, 4.69) is 10.2 Å². The van der Waals surface area contributed by atoms with Crippen LogP contribution < -0.4 is 0 Å². The number of carbonyl (C=O) groups is 2. The van der Waals surface area contributed by atoms with Crippen molar-refractivity contribution in [2.75, 3.05) is 0 Å². The molecule has 0 amide bonds. The van der Waals surface area contributed by atoms with Gasteiger partial charge >= 0.3 is 11.9 Å². The molecular formula is C9H10N2O4. The van der Waals surface area contributed by atoms with Crippen molar-refractivity contribution in [3.8, 4) is 0 Å². The van der Waals surface area contributed by atoms with Gasteiger partial charge in [-0.05, 0) is 17.5 Å². The highest BCUT2D eigenvalue weighted by Gasteiger charge is 2.18. The van der Waals surface area contributed by atoms with Crippen molar-refractivity contribution in [1.82, 2.24) is 10.2 Å². The van der Waals surface area contributed by atoms with Crippen LogP contribution in [-0.2, 0) is 0 Å². The number of nitrogens with zero attached hydrogens (tertiary/aromatic N) is 2. The van der Waals surface area contributed by atoms with Gasteiger partial charge in [0.15, 0.2) is 11.4 Å². The minimum atomic E-state index is -1.22. The highest BCUT2D eigenvalue weighted by Crippen LogP contribution is 2.18. The van der Waals surface area contributed by atoms with Crippen molar-refractivity contribution in [2.45, 2.75) is 19.8 Å². The summed E-state index contributed by atoms with van der Waals surface area (Å²) >= 11 is 0. The molecule has 80 valence electrons. The zero-order valence-corrected chi connectivity index (χ0v) is 8.26. The summed E-state index contributed by atoms with van der Waals surface area (Å²) in [4.78, 5) is 21.4. The molecule has 1 heterocycles. The summed E-state index contributed by atoms with van der Waals surface area (Å²) in [6.45, 7) is 3.52. The third kappa shape index (κ3) is 2.28. The Hall–Kier alpha value is -1.98. The first-order valence-corrected chi connectivity index (χ1v) is 4.27. The molecule has 1 aromatic heterocycles. The van der Waals surface area contributed by atoms with Gasteiger partial charge in [-0.25, -0.2) is 9.59 Å². The van der Waals surface area contributed by atoms with E-state index < -0.39 is 11.9 Å². The number of hydrogen-bond acceptors (Lipinski definition) is 4. The average Bonchev–Trinajstić information content (AvgIpc) is 2.16. The van der Waals surface area contributed by atoms with Crippen LogP contribution in [0.2, 0.25) is 0 Å². The molecular weight excluding hydrogens is 200 g/mol. The van der Waals surface area contributed by atoms with Gasteiger partial charge in [0.2, 0.25) is 0 Å². The van der Waals surface area contributed by atoms with Crippen LogP contribution in [0, 0.1) is 0 Å². The Morgan fingerprint density at radius 3 is 2.20 bits per heavy atom. The normalized spacial score (nSPS) is 10.3. The molecule has 0 aliphatic heterocycles. The van der Waals surface area contributed by atoms with Crippen LogP contribution in [0.3, 0.4) is 0 Å². The first kappa shape index (κ1) is 11.1. The van der Waals surface area contributed by atoms with Crippen LogP contribution in [0.15, 0.2) is 6.07 Å². The zero-order valence-electron chi connectivity index (χ0n) is 8.26. The number of carboxylic acids is 2. The first-order chi connectivity index (χ1) is 6.93. The van der Waals surface area contributed by atoms with Gasteiger partial charge in [-0.2, -0.15) is 0 Å². The zero-order chi connectivity index (χ0) is 11.6. The third-order valence-corrected chi connectivity index (χ3v) is 1.87. The van der Waals surface area contributed by atoms with Crippen LogP contribution >= 0.6 is 0 Å². The molecule has 1 aromatic rings. The van der Waals surface area contributed by atoms with Gasteiger partial charge in [-0.3, -0.25) is 0 Å². The monoisotopic (exact) mass is 210 g/mol. The maximum absolute atomic E-state index is 10.8. The number of aromatic carboxylic acids is 2. The summed E-state index contributed by atoms with van der Waals surface area (Å²) in [5.41, 5.74) is -0.0754. The average molecular weight is 210 g/mol. The Morgan fingerprint density at radius 2 is 1.80 bits per heavy atom. The minimum Gasteiger partial charge on any atom is -0.476 e. The summed E-state index contributed by atoms with van der Waals surface area (Å²) in [7, 11) is 0. The fourth-order valence-electron chi connectivity index (χ4n) is 1.12. The SMILES string of the molecule is CC(C)c1cc(C(=O)O)nnc1C(=O)O. The Kier molecular flexibility index (Phi) is 2.99. The summed E-state index contributed by atoms with van der Waals surface area (Å²) in [6, 6.07) is 1.24. The van der Waals surface area contributed by atoms with Gasteiger partial charge in [0.1, 0.15) is 0 Å². The molecule has 0 aliphatic rings. The molecule has 6 heteroatoms. The van der Waals surface area contributed by atoms with Crippen LogP contribution in [0.1, 0.15) is 46.3 Å². The second-order valence-electron chi connectivity index (χ2n) is 3.30. The van der Waals surface area contributed by atoms with Gasteiger partial charge < -0.3 is 10.2 Å². The molecule has 0 saturated carbocycles. The van der Waals surface area contributed by atoms with Gasteiger partial charge in [0.25, 0.3) is 0 Å². The lowest BCUT2D eigenvalue weighted by molar-refractivity contribution is 0.0667. The van der Waals surface area contributed by atoms with E-state index in [-0.39, 0.29) is 17.3 Å². The van der Waals surface area contributed by atoms with Gasteiger partial charge in [-0.1, -0.05) is 13.8 Å². The van der Waals surface area contributed by atoms with E-state index >= 15 is 0 Å². The summed E-state index contributed by atoms with van der Waals surface area (Å²) in [6.07, 6.45) is 0. The van der Waals surface area contributed by atoms with E-state index in [0.717, 1.165) is 0 Å². The predicted octanol–water partition coefficient (Wildman–Crippen LogP) is 0.996. The van der Waals surface area contributed by atoms with Crippen molar-refractivity contribution in [2.24, 2.45) is 0 Å². The molecule has 0 bridgehead atoms. The molecule has 0 saturated heterocycles. The van der Waals surface area contributed by atoms with Crippen LogP contribution in [-0.4, -0.2) is 32.3 Å². The van der Waals surface area contributed by atoms with Crippen molar-refractivity contribution < 1.29 is 19.8 Å². The summed E-state index contributed by atoms with van der Waals surface area (Å²) in [5, 5.41) is 24.2. The molecule has 2 N–H and O–H groups in total.